The van der Waals surface area contributed by atoms with E-state index in [1.165, 1.54) is 10.5 Å². The number of hydrogen-bond donors (Lipinski definition) is 1. The first-order chi connectivity index (χ1) is 13.5. The third kappa shape index (κ3) is 3.74. The summed E-state index contributed by atoms with van der Waals surface area (Å²) in [5.41, 5.74) is 1.23. The zero-order chi connectivity index (χ0) is 19.6. The molecule has 28 heavy (non-hydrogen) atoms. The minimum Gasteiger partial charge on any atom is -0.354 e. The van der Waals surface area contributed by atoms with Crippen LogP contribution < -0.4 is 9.62 Å². The number of para-hydroxylation sites is 1. The Balaban J connectivity index is 1.43. The lowest BCUT2D eigenvalue weighted by atomic mass is 10.2. The fraction of sp³-hybridized carbons (Fsp3) is 0.211. The number of nitrogens with zero attached hydrogens (tertiary/aromatic N) is 5. The van der Waals surface area contributed by atoms with E-state index in [2.05, 4.69) is 14.7 Å². The van der Waals surface area contributed by atoms with Gasteiger partial charge >= 0.3 is 10.2 Å². The Labute approximate surface area is 163 Å². The molecule has 3 aromatic rings. The summed E-state index contributed by atoms with van der Waals surface area (Å²) >= 11 is 0. The van der Waals surface area contributed by atoms with Crippen LogP contribution in [0.1, 0.15) is 5.56 Å². The molecule has 0 atom stereocenters. The van der Waals surface area contributed by atoms with Crippen molar-refractivity contribution in [3.63, 3.8) is 0 Å². The predicted molar refractivity (Wildman–Crippen MR) is 107 cm³/mol. The van der Waals surface area contributed by atoms with Gasteiger partial charge in [0.15, 0.2) is 0 Å². The van der Waals surface area contributed by atoms with Gasteiger partial charge < -0.3 is 4.90 Å². The number of anilines is 2. The summed E-state index contributed by atoms with van der Waals surface area (Å²) in [5, 5.41) is 9.81. The lowest BCUT2D eigenvalue weighted by Crippen LogP contribution is -2.50. The summed E-state index contributed by atoms with van der Waals surface area (Å²) in [7, 11) is -3.69. The van der Waals surface area contributed by atoms with E-state index in [1.54, 1.807) is 18.2 Å². The molecule has 0 aliphatic carbocycles. The number of pyridine rings is 2. The van der Waals surface area contributed by atoms with E-state index in [0.29, 0.717) is 37.6 Å². The highest BCUT2D eigenvalue weighted by atomic mass is 32.2. The van der Waals surface area contributed by atoms with Crippen LogP contribution in [0.2, 0.25) is 0 Å². The molecule has 0 amide bonds. The fourth-order valence-corrected chi connectivity index (χ4v) is 4.27. The van der Waals surface area contributed by atoms with E-state index in [4.69, 9.17) is 5.26 Å². The number of aromatic nitrogens is 2. The second kappa shape index (κ2) is 7.42. The highest BCUT2D eigenvalue weighted by Crippen LogP contribution is 2.19. The number of hydrogen-bond acceptors (Lipinski definition) is 6. The smallest absolute Gasteiger partial charge is 0.302 e. The number of nitriles is 1. The average Bonchev–Trinajstić information content (AvgIpc) is 2.73. The molecule has 9 heteroatoms. The van der Waals surface area contributed by atoms with Crippen LogP contribution >= 0.6 is 0 Å². The van der Waals surface area contributed by atoms with Crippen molar-refractivity contribution in [3.05, 3.63) is 60.3 Å². The highest BCUT2D eigenvalue weighted by Gasteiger charge is 2.27. The van der Waals surface area contributed by atoms with Crippen molar-refractivity contribution in [2.45, 2.75) is 0 Å². The fourth-order valence-electron chi connectivity index (χ4n) is 3.12. The molecular formula is C19H18N6O2S. The Morgan fingerprint density at radius 1 is 1.00 bits per heavy atom. The van der Waals surface area contributed by atoms with E-state index in [1.807, 2.05) is 41.3 Å². The Kier molecular flexibility index (Phi) is 4.81. The molecule has 1 fully saturated rings. The first kappa shape index (κ1) is 18.2. The van der Waals surface area contributed by atoms with Gasteiger partial charge in [-0.1, -0.05) is 18.2 Å². The van der Waals surface area contributed by atoms with Crippen LogP contribution in [0.25, 0.3) is 10.9 Å². The van der Waals surface area contributed by atoms with Gasteiger partial charge in [-0.3, -0.25) is 4.72 Å². The Morgan fingerprint density at radius 2 is 1.79 bits per heavy atom. The topological polar surface area (TPSA) is 102 Å². The molecule has 1 aliphatic heterocycles. The predicted octanol–water partition coefficient (Wildman–Crippen LogP) is 1.98. The summed E-state index contributed by atoms with van der Waals surface area (Å²) in [5.74, 6) is 1.04. The number of benzene rings is 1. The molecule has 0 bridgehead atoms. The van der Waals surface area contributed by atoms with Crippen LogP contribution in [-0.2, 0) is 10.2 Å². The molecule has 0 spiro atoms. The van der Waals surface area contributed by atoms with E-state index in [0.717, 1.165) is 16.7 Å². The van der Waals surface area contributed by atoms with E-state index >= 15 is 0 Å². The zero-order valence-electron chi connectivity index (χ0n) is 15.0. The highest BCUT2D eigenvalue weighted by molar-refractivity contribution is 7.90. The molecule has 2 aromatic heterocycles. The van der Waals surface area contributed by atoms with Crippen LogP contribution in [0, 0.1) is 11.3 Å². The minimum absolute atomic E-state index is 0.301. The maximum atomic E-state index is 12.7. The van der Waals surface area contributed by atoms with Crippen molar-refractivity contribution >= 4 is 32.7 Å². The zero-order valence-corrected chi connectivity index (χ0v) is 15.8. The van der Waals surface area contributed by atoms with E-state index in [-0.39, 0.29) is 0 Å². The van der Waals surface area contributed by atoms with Crippen molar-refractivity contribution in [1.82, 2.24) is 14.3 Å². The van der Waals surface area contributed by atoms with Crippen LogP contribution in [-0.4, -0.2) is 48.9 Å². The molecule has 142 valence electrons. The number of nitrogens with one attached hydrogen (secondary N) is 1. The van der Waals surface area contributed by atoms with Crippen molar-refractivity contribution in [2.75, 3.05) is 35.8 Å². The Morgan fingerprint density at radius 3 is 2.50 bits per heavy atom. The molecule has 3 heterocycles. The number of rotatable bonds is 4. The van der Waals surface area contributed by atoms with Gasteiger partial charge in [0.2, 0.25) is 0 Å². The molecule has 1 saturated heterocycles. The number of fused-ring (bicyclic) bond motifs is 1. The second-order valence-corrected chi connectivity index (χ2v) is 8.07. The second-order valence-electron chi connectivity index (χ2n) is 6.40. The molecule has 4 rings (SSSR count). The molecule has 0 unspecified atom stereocenters. The first-order valence-corrected chi connectivity index (χ1v) is 10.2. The van der Waals surface area contributed by atoms with Crippen LogP contribution in [0.3, 0.4) is 0 Å². The van der Waals surface area contributed by atoms with E-state index in [9.17, 15) is 8.42 Å². The van der Waals surface area contributed by atoms with E-state index < -0.39 is 10.2 Å². The molecule has 0 saturated carbocycles. The minimum atomic E-state index is -3.69. The van der Waals surface area contributed by atoms with Crippen LogP contribution in [0.5, 0.6) is 0 Å². The van der Waals surface area contributed by atoms with Gasteiger partial charge in [-0.25, -0.2) is 9.97 Å². The summed E-state index contributed by atoms with van der Waals surface area (Å²) in [6, 6.07) is 16.6. The lowest BCUT2D eigenvalue weighted by molar-refractivity contribution is 0.386. The van der Waals surface area contributed by atoms with Crippen molar-refractivity contribution < 1.29 is 8.42 Å². The summed E-state index contributed by atoms with van der Waals surface area (Å²) in [6.45, 7) is 1.71. The summed E-state index contributed by atoms with van der Waals surface area (Å²) in [6.07, 6.45) is 1.52. The first-order valence-electron chi connectivity index (χ1n) is 8.80. The largest absolute Gasteiger partial charge is 0.354 e. The lowest BCUT2D eigenvalue weighted by Gasteiger charge is -2.34. The normalized spacial score (nSPS) is 15.3. The third-order valence-electron chi connectivity index (χ3n) is 4.61. The van der Waals surface area contributed by atoms with Gasteiger partial charge in [0.05, 0.1) is 11.1 Å². The number of piperazine rings is 1. The van der Waals surface area contributed by atoms with Crippen molar-refractivity contribution in [1.29, 1.82) is 5.26 Å². The summed E-state index contributed by atoms with van der Waals surface area (Å²) in [4.78, 5) is 10.6. The van der Waals surface area contributed by atoms with Gasteiger partial charge in [0, 0.05) is 37.8 Å². The van der Waals surface area contributed by atoms with Crippen LogP contribution in [0.15, 0.2) is 54.7 Å². The molecule has 1 N–H and O–H groups in total. The molecule has 1 aliphatic rings. The summed E-state index contributed by atoms with van der Waals surface area (Å²) < 4.78 is 29.4. The third-order valence-corrected chi connectivity index (χ3v) is 6.12. The van der Waals surface area contributed by atoms with Crippen molar-refractivity contribution in [2.24, 2.45) is 0 Å². The van der Waals surface area contributed by atoms with Gasteiger partial charge in [0.1, 0.15) is 17.7 Å². The maximum absolute atomic E-state index is 12.7. The SMILES string of the molecule is N#Cc1ccc(N2CCN(S(=O)(=O)Nc3ccc4ccccc4n3)CC2)nc1. The molecule has 0 radical (unpaired) electrons. The Bertz CT molecular complexity index is 1130. The molecule has 8 nitrogen and oxygen atoms in total. The van der Waals surface area contributed by atoms with Crippen LogP contribution in [0.4, 0.5) is 11.6 Å². The van der Waals surface area contributed by atoms with Crippen molar-refractivity contribution in [3.8, 4) is 6.07 Å². The Hall–Kier alpha value is -3.22. The van der Waals surface area contributed by atoms with Gasteiger partial charge in [-0.15, -0.1) is 0 Å². The maximum Gasteiger partial charge on any atom is 0.302 e. The standard InChI is InChI=1S/C19H18N6O2S/c20-13-15-5-8-19(21-14-15)24-9-11-25(12-10-24)28(26,27)23-18-7-6-16-3-1-2-4-17(16)22-18/h1-8,14H,9-12H2,(H,22,23). The molecule has 1 aromatic carbocycles. The van der Waals surface area contributed by atoms with Gasteiger partial charge in [-0.05, 0) is 30.3 Å². The average molecular weight is 394 g/mol. The monoisotopic (exact) mass is 394 g/mol. The molecular weight excluding hydrogens is 376 g/mol. The van der Waals surface area contributed by atoms with Gasteiger partial charge in [-0.2, -0.15) is 18.0 Å². The van der Waals surface area contributed by atoms with Gasteiger partial charge in [0.25, 0.3) is 0 Å². The quantitative estimate of drug-likeness (QED) is 0.726.